The van der Waals surface area contributed by atoms with E-state index in [1.807, 2.05) is 24.3 Å². The zero-order chi connectivity index (χ0) is 14.8. The van der Waals surface area contributed by atoms with Crippen LogP contribution < -0.4 is 10.6 Å². The van der Waals surface area contributed by atoms with Crippen LogP contribution in [0.5, 0.6) is 0 Å². The van der Waals surface area contributed by atoms with Crippen molar-refractivity contribution in [3.63, 3.8) is 0 Å². The minimum absolute atomic E-state index is 0.371. The van der Waals surface area contributed by atoms with Crippen LogP contribution in [0.25, 0.3) is 0 Å². The highest BCUT2D eigenvalue weighted by molar-refractivity contribution is 7.97. The van der Waals surface area contributed by atoms with Crippen LogP contribution in [-0.2, 0) is 0 Å². The van der Waals surface area contributed by atoms with Gasteiger partial charge < -0.3 is 5.02 Å². The molecule has 104 valence electrons. The number of hydrogen-bond donors (Lipinski definition) is 2. The van der Waals surface area contributed by atoms with Crippen molar-refractivity contribution in [2.45, 2.75) is 4.90 Å². The smallest absolute Gasteiger partial charge is 0.427 e. The van der Waals surface area contributed by atoms with Gasteiger partial charge in [-0.3, -0.25) is 9.93 Å². The van der Waals surface area contributed by atoms with Gasteiger partial charge in [-0.1, -0.05) is 30.3 Å². The van der Waals surface area contributed by atoms with Gasteiger partial charge in [0.15, 0.2) is 0 Å². The van der Waals surface area contributed by atoms with Gasteiger partial charge in [0.25, 0.3) is 5.91 Å². The van der Waals surface area contributed by atoms with E-state index in [1.54, 1.807) is 30.5 Å². The van der Waals surface area contributed by atoms with Crippen LogP contribution >= 0.6 is 11.9 Å². The Morgan fingerprint density at radius 3 is 2.86 bits per heavy atom. The highest BCUT2D eigenvalue weighted by Crippen LogP contribution is 2.16. The maximum Gasteiger partial charge on any atom is 0.474 e. The van der Waals surface area contributed by atoms with Crippen LogP contribution in [0.1, 0.15) is 15.9 Å². The molecule has 0 fully saturated rings. The minimum atomic E-state index is -1.09. The quantitative estimate of drug-likeness (QED) is 0.635. The van der Waals surface area contributed by atoms with Crippen molar-refractivity contribution in [2.75, 3.05) is 0 Å². The molecule has 1 aliphatic heterocycles. The molecular formula is C14H12BN3O2S. The van der Waals surface area contributed by atoms with Crippen molar-refractivity contribution in [1.82, 2.24) is 4.92 Å². The fourth-order valence-electron chi connectivity index (χ4n) is 2.18. The second-order valence-electron chi connectivity index (χ2n) is 4.54. The monoisotopic (exact) mass is 297 g/mol. The minimum Gasteiger partial charge on any atom is -0.427 e. The highest BCUT2D eigenvalue weighted by atomic mass is 32.2. The summed E-state index contributed by atoms with van der Waals surface area (Å²) in [5, 5.41) is 19.9. The third-order valence-corrected chi connectivity index (χ3v) is 3.78. The molecule has 2 aromatic rings. The number of carbonyl (C=O) groups excluding carboxylic acids is 1. The zero-order valence-corrected chi connectivity index (χ0v) is 11.8. The Balaban J connectivity index is 1.93. The standard InChI is InChI=1S/C14H12BN3O2S/c16-21-12-6-3-5-10(8-12)14(19)18-15(20)13-7-2-1-4-11(13)9-17-18/h1-9,20H,16H2. The molecule has 0 bridgehead atoms. The Hall–Kier alpha value is -2.09. The number of hydrogen-bond acceptors (Lipinski definition) is 5. The summed E-state index contributed by atoms with van der Waals surface area (Å²) in [7, 11) is -1.09. The van der Waals surface area contributed by atoms with Gasteiger partial charge in [-0.25, -0.2) is 4.92 Å². The van der Waals surface area contributed by atoms with Gasteiger partial charge in [0.05, 0.1) is 6.21 Å². The van der Waals surface area contributed by atoms with Gasteiger partial charge in [0, 0.05) is 10.5 Å². The lowest BCUT2D eigenvalue weighted by Gasteiger charge is -2.24. The molecule has 2 aromatic carbocycles. The van der Waals surface area contributed by atoms with Crippen LogP contribution in [0.15, 0.2) is 58.5 Å². The van der Waals surface area contributed by atoms with Gasteiger partial charge >= 0.3 is 7.05 Å². The first-order chi connectivity index (χ1) is 10.2. The number of carbonyl (C=O) groups is 1. The zero-order valence-electron chi connectivity index (χ0n) is 11.0. The second-order valence-corrected chi connectivity index (χ2v) is 5.25. The summed E-state index contributed by atoms with van der Waals surface area (Å²) in [6.07, 6.45) is 1.57. The van der Waals surface area contributed by atoms with Gasteiger partial charge in [-0.15, -0.1) is 0 Å². The first kappa shape index (κ1) is 13.9. The van der Waals surface area contributed by atoms with Crippen molar-refractivity contribution >= 4 is 36.6 Å². The molecule has 0 atom stereocenters. The number of nitrogens with zero attached hydrogens (tertiary/aromatic N) is 2. The molecule has 1 aliphatic rings. The molecule has 1 heterocycles. The van der Waals surface area contributed by atoms with Crippen molar-refractivity contribution < 1.29 is 9.82 Å². The van der Waals surface area contributed by atoms with E-state index in [9.17, 15) is 9.82 Å². The maximum atomic E-state index is 12.5. The first-order valence-electron chi connectivity index (χ1n) is 6.32. The van der Waals surface area contributed by atoms with E-state index in [4.69, 9.17) is 5.14 Å². The Morgan fingerprint density at radius 2 is 2.05 bits per heavy atom. The van der Waals surface area contributed by atoms with E-state index in [1.165, 1.54) is 0 Å². The lowest BCUT2D eigenvalue weighted by atomic mass is 9.69. The van der Waals surface area contributed by atoms with Crippen LogP contribution in [0, 0.1) is 0 Å². The highest BCUT2D eigenvalue weighted by Gasteiger charge is 2.33. The van der Waals surface area contributed by atoms with Gasteiger partial charge in [0.1, 0.15) is 0 Å². The third kappa shape index (κ3) is 2.58. The van der Waals surface area contributed by atoms with Gasteiger partial charge in [0.2, 0.25) is 0 Å². The first-order valence-corrected chi connectivity index (χ1v) is 7.20. The molecule has 0 saturated heterocycles. The van der Waals surface area contributed by atoms with E-state index in [2.05, 4.69) is 5.10 Å². The third-order valence-electron chi connectivity index (χ3n) is 3.25. The lowest BCUT2D eigenvalue weighted by Crippen LogP contribution is -2.52. The van der Waals surface area contributed by atoms with E-state index < -0.39 is 7.05 Å². The summed E-state index contributed by atoms with van der Waals surface area (Å²) in [5.74, 6) is -0.371. The van der Waals surface area contributed by atoms with E-state index in [-0.39, 0.29) is 5.91 Å². The average Bonchev–Trinajstić information content (AvgIpc) is 2.55. The summed E-state index contributed by atoms with van der Waals surface area (Å²) in [5.41, 5.74) is 1.89. The van der Waals surface area contributed by atoms with Crippen LogP contribution in [0.3, 0.4) is 0 Å². The molecule has 0 spiro atoms. The molecule has 1 amide bonds. The number of hydrazone groups is 1. The largest absolute Gasteiger partial charge is 0.474 e. The number of amides is 1. The summed E-state index contributed by atoms with van der Waals surface area (Å²) >= 11 is 1.06. The second kappa shape index (κ2) is 5.73. The van der Waals surface area contributed by atoms with Crippen LogP contribution in [0.2, 0.25) is 0 Å². The molecule has 3 N–H and O–H groups in total. The number of nitrogens with two attached hydrogens (primary N) is 1. The predicted molar refractivity (Wildman–Crippen MR) is 84.3 cm³/mol. The van der Waals surface area contributed by atoms with Crippen LogP contribution in [-0.4, -0.2) is 29.1 Å². The molecule has 21 heavy (non-hydrogen) atoms. The fraction of sp³-hybridized carbons (Fsp3) is 0. The molecule has 0 saturated carbocycles. The molecule has 5 nitrogen and oxygen atoms in total. The summed E-state index contributed by atoms with van der Waals surface area (Å²) in [4.78, 5) is 14.3. The molecule has 7 heteroatoms. The van der Waals surface area contributed by atoms with Gasteiger partial charge in [-0.05, 0) is 41.2 Å². The Bertz CT molecular complexity index is 723. The fourth-order valence-corrected chi connectivity index (χ4v) is 2.53. The SMILES string of the molecule is NSc1cccc(C(=O)N2N=Cc3ccccc3B2O)c1. The van der Waals surface area contributed by atoms with Gasteiger partial charge in [-0.2, -0.15) is 5.10 Å². The molecular weight excluding hydrogens is 285 g/mol. The molecule has 0 radical (unpaired) electrons. The number of benzene rings is 2. The summed E-state index contributed by atoms with van der Waals surface area (Å²) in [6, 6.07) is 14.2. The van der Waals surface area contributed by atoms with Crippen molar-refractivity contribution in [2.24, 2.45) is 10.2 Å². The van der Waals surface area contributed by atoms with Crippen molar-refractivity contribution in [3.05, 3.63) is 59.7 Å². The molecule has 3 rings (SSSR count). The average molecular weight is 297 g/mol. The number of fused-ring (bicyclic) bond motifs is 1. The predicted octanol–water partition coefficient (Wildman–Crippen LogP) is 0.830. The summed E-state index contributed by atoms with van der Waals surface area (Å²) in [6.45, 7) is 0. The maximum absolute atomic E-state index is 12.5. The summed E-state index contributed by atoms with van der Waals surface area (Å²) < 4.78 is 0. The normalized spacial score (nSPS) is 13.2. The number of rotatable bonds is 2. The van der Waals surface area contributed by atoms with E-state index >= 15 is 0 Å². The molecule has 0 aromatic heterocycles. The van der Waals surface area contributed by atoms with Crippen LogP contribution in [0.4, 0.5) is 0 Å². The topological polar surface area (TPSA) is 78.9 Å². The van der Waals surface area contributed by atoms with Crippen molar-refractivity contribution in [3.8, 4) is 0 Å². The Kier molecular flexibility index (Phi) is 3.79. The van der Waals surface area contributed by atoms with Crippen molar-refractivity contribution in [1.29, 1.82) is 0 Å². The van der Waals surface area contributed by atoms with E-state index in [0.717, 1.165) is 27.3 Å². The Morgan fingerprint density at radius 1 is 1.24 bits per heavy atom. The molecule has 0 unspecified atom stereocenters. The Labute approximate surface area is 126 Å². The molecule has 0 aliphatic carbocycles. The lowest BCUT2D eigenvalue weighted by molar-refractivity contribution is 0.0846. The van der Waals surface area contributed by atoms with E-state index in [0.29, 0.717) is 11.0 Å².